The van der Waals surface area contributed by atoms with Gasteiger partial charge in [-0.2, -0.15) is 0 Å². The average molecular weight is 353 g/mol. The van der Waals surface area contributed by atoms with Crippen molar-refractivity contribution in [2.24, 2.45) is 7.05 Å². The van der Waals surface area contributed by atoms with Crippen LogP contribution in [0.25, 0.3) is 0 Å². The van der Waals surface area contributed by atoms with E-state index in [1.165, 1.54) is 12.3 Å². The number of hydrogen-bond acceptors (Lipinski definition) is 5. The maximum absolute atomic E-state index is 12.3. The number of benzene rings is 1. The third-order valence-corrected chi connectivity index (χ3v) is 3.97. The summed E-state index contributed by atoms with van der Waals surface area (Å²) in [5, 5.41) is 2.87. The molecule has 7 heteroatoms. The first-order chi connectivity index (χ1) is 12.6. The van der Waals surface area contributed by atoms with E-state index in [2.05, 4.69) is 10.3 Å². The highest BCUT2D eigenvalue weighted by Crippen LogP contribution is 2.20. The number of amides is 1. The number of aromatic nitrogens is 2. The third-order valence-electron chi connectivity index (χ3n) is 3.97. The van der Waals surface area contributed by atoms with Crippen LogP contribution in [0.15, 0.2) is 59.5 Å². The van der Waals surface area contributed by atoms with Crippen molar-refractivity contribution >= 4 is 11.9 Å². The molecule has 0 spiro atoms. The molecular formula is C19H19N3O4. The summed E-state index contributed by atoms with van der Waals surface area (Å²) in [4.78, 5) is 28.7. The highest BCUT2D eigenvalue weighted by molar-refractivity contribution is 5.92. The molecule has 26 heavy (non-hydrogen) atoms. The van der Waals surface area contributed by atoms with Crippen LogP contribution in [-0.4, -0.2) is 28.0 Å². The molecule has 1 unspecified atom stereocenters. The summed E-state index contributed by atoms with van der Waals surface area (Å²) in [7, 11) is 1.85. The van der Waals surface area contributed by atoms with E-state index in [0.29, 0.717) is 17.1 Å². The minimum atomic E-state index is -0.598. The number of nitrogens with zero attached hydrogens (tertiary/aromatic N) is 2. The summed E-state index contributed by atoms with van der Waals surface area (Å²) in [6, 6.07) is 10.5. The molecule has 3 aromatic rings. The molecule has 0 fully saturated rings. The van der Waals surface area contributed by atoms with E-state index in [9.17, 15) is 9.59 Å². The van der Waals surface area contributed by atoms with Gasteiger partial charge in [-0.05, 0) is 18.6 Å². The Hall–Kier alpha value is -3.35. The van der Waals surface area contributed by atoms with Gasteiger partial charge in [-0.3, -0.25) is 4.79 Å². The zero-order valence-electron chi connectivity index (χ0n) is 14.5. The number of hydrogen-bond donors (Lipinski definition) is 1. The van der Waals surface area contributed by atoms with Crippen LogP contribution >= 0.6 is 0 Å². The zero-order valence-corrected chi connectivity index (χ0v) is 14.5. The molecule has 7 nitrogen and oxygen atoms in total. The van der Waals surface area contributed by atoms with Crippen LogP contribution in [0.5, 0.6) is 0 Å². The van der Waals surface area contributed by atoms with Crippen LogP contribution in [0.2, 0.25) is 0 Å². The molecule has 1 atom stereocenters. The normalized spacial score (nSPS) is 11.8. The van der Waals surface area contributed by atoms with Crippen molar-refractivity contribution in [3.05, 3.63) is 77.8 Å². The molecule has 0 aliphatic heterocycles. The summed E-state index contributed by atoms with van der Waals surface area (Å²) in [5.74, 6) is 0.114. The lowest BCUT2D eigenvalue weighted by molar-refractivity contribution is -0.124. The lowest BCUT2D eigenvalue weighted by atomic mass is 10.1. The standard InChI is InChI=1S/C19H19N3O4/c1-13-15(8-11-25-13)19(24)26-12-16(23)21-17(14-6-4-3-5-7-14)18-20-9-10-22(18)2/h3-11,17H,12H2,1-2H3,(H,21,23). The second-order valence-corrected chi connectivity index (χ2v) is 5.77. The maximum atomic E-state index is 12.3. The van der Waals surface area contributed by atoms with Crippen molar-refractivity contribution in [1.82, 2.24) is 14.9 Å². The Labute approximate surface area is 150 Å². The molecule has 1 amide bonds. The van der Waals surface area contributed by atoms with Gasteiger partial charge in [0, 0.05) is 19.4 Å². The number of carbonyl (C=O) groups is 2. The van der Waals surface area contributed by atoms with Crippen molar-refractivity contribution < 1.29 is 18.7 Å². The van der Waals surface area contributed by atoms with Crippen LogP contribution in [0.1, 0.15) is 33.5 Å². The van der Waals surface area contributed by atoms with Crippen LogP contribution in [-0.2, 0) is 16.6 Å². The van der Waals surface area contributed by atoms with Gasteiger partial charge in [0.15, 0.2) is 6.61 Å². The first-order valence-electron chi connectivity index (χ1n) is 8.09. The van der Waals surface area contributed by atoms with Gasteiger partial charge in [0.1, 0.15) is 23.2 Å². The number of carbonyl (C=O) groups excluding carboxylic acids is 2. The summed E-state index contributed by atoms with van der Waals surface area (Å²) in [6.07, 6.45) is 4.87. The molecular weight excluding hydrogens is 334 g/mol. The van der Waals surface area contributed by atoms with E-state index < -0.39 is 24.5 Å². The number of aryl methyl sites for hydroxylation is 2. The largest absolute Gasteiger partial charge is 0.469 e. The summed E-state index contributed by atoms with van der Waals surface area (Å²) < 4.78 is 12.0. The molecule has 0 aliphatic carbocycles. The van der Waals surface area contributed by atoms with E-state index in [4.69, 9.17) is 9.15 Å². The number of rotatable bonds is 6. The average Bonchev–Trinajstić information content (AvgIpc) is 3.26. The predicted octanol–water partition coefficient (Wildman–Crippen LogP) is 2.38. The lowest BCUT2D eigenvalue weighted by Gasteiger charge is -2.19. The maximum Gasteiger partial charge on any atom is 0.342 e. The molecule has 0 aliphatic rings. The van der Waals surface area contributed by atoms with Gasteiger partial charge >= 0.3 is 5.97 Å². The Morgan fingerprint density at radius 1 is 1.27 bits per heavy atom. The van der Waals surface area contributed by atoms with Gasteiger partial charge in [0.25, 0.3) is 5.91 Å². The van der Waals surface area contributed by atoms with E-state index in [0.717, 1.165) is 5.56 Å². The molecule has 2 aromatic heterocycles. The van der Waals surface area contributed by atoms with Crippen LogP contribution in [0.3, 0.4) is 0 Å². The molecule has 0 saturated heterocycles. The molecule has 0 bridgehead atoms. The van der Waals surface area contributed by atoms with E-state index >= 15 is 0 Å². The first-order valence-corrected chi connectivity index (χ1v) is 8.09. The number of nitrogens with one attached hydrogen (secondary N) is 1. The van der Waals surface area contributed by atoms with Gasteiger partial charge in [0.2, 0.25) is 0 Å². The van der Waals surface area contributed by atoms with Crippen molar-refractivity contribution in [2.45, 2.75) is 13.0 Å². The van der Waals surface area contributed by atoms with Crippen LogP contribution in [0.4, 0.5) is 0 Å². The van der Waals surface area contributed by atoms with Crippen molar-refractivity contribution in [2.75, 3.05) is 6.61 Å². The fraction of sp³-hybridized carbons (Fsp3) is 0.211. The van der Waals surface area contributed by atoms with Crippen molar-refractivity contribution in [3.8, 4) is 0 Å². The SMILES string of the molecule is Cc1occc1C(=O)OCC(=O)NC(c1ccccc1)c1nccn1C. The lowest BCUT2D eigenvalue weighted by Crippen LogP contribution is -2.34. The number of esters is 1. The van der Waals surface area contributed by atoms with Crippen molar-refractivity contribution in [1.29, 1.82) is 0 Å². The smallest absolute Gasteiger partial charge is 0.342 e. The highest BCUT2D eigenvalue weighted by Gasteiger charge is 2.22. The Balaban J connectivity index is 1.69. The molecule has 1 N–H and O–H groups in total. The summed E-state index contributed by atoms with van der Waals surface area (Å²) >= 11 is 0. The first kappa shape index (κ1) is 17.5. The third kappa shape index (κ3) is 3.83. The number of ether oxygens (including phenoxy) is 1. The molecule has 0 radical (unpaired) electrons. The minimum Gasteiger partial charge on any atom is -0.469 e. The van der Waals surface area contributed by atoms with Gasteiger partial charge in [-0.1, -0.05) is 30.3 Å². The topological polar surface area (TPSA) is 86.4 Å². The van der Waals surface area contributed by atoms with Gasteiger partial charge in [-0.15, -0.1) is 0 Å². The Morgan fingerprint density at radius 3 is 2.65 bits per heavy atom. The van der Waals surface area contributed by atoms with E-state index in [1.54, 1.807) is 19.3 Å². The fourth-order valence-corrected chi connectivity index (χ4v) is 2.61. The van der Waals surface area contributed by atoms with Gasteiger partial charge < -0.3 is 19.0 Å². The summed E-state index contributed by atoms with van der Waals surface area (Å²) in [6.45, 7) is 1.26. The second-order valence-electron chi connectivity index (χ2n) is 5.77. The summed E-state index contributed by atoms with van der Waals surface area (Å²) in [5.41, 5.74) is 1.19. The van der Waals surface area contributed by atoms with Crippen LogP contribution in [0, 0.1) is 6.92 Å². The molecule has 0 saturated carbocycles. The molecule has 1 aromatic carbocycles. The number of imidazole rings is 1. The highest BCUT2D eigenvalue weighted by atomic mass is 16.5. The van der Waals surface area contributed by atoms with Crippen LogP contribution < -0.4 is 5.32 Å². The molecule has 2 heterocycles. The second kappa shape index (κ2) is 7.69. The zero-order chi connectivity index (χ0) is 18.5. The number of furan rings is 1. The van der Waals surface area contributed by atoms with Gasteiger partial charge in [0.05, 0.1) is 6.26 Å². The Morgan fingerprint density at radius 2 is 2.04 bits per heavy atom. The Bertz CT molecular complexity index is 898. The quantitative estimate of drug-likeness (QED) is 0.688. The fourth-order valence-electron chi connectivity index (χ4n) is 2.61. The monoisotopic (exact) mass is 353 g/mol. The Kier molecular flexibility index (Phi) is 5.17. The van der Waals surface area contributed by atoms with Gasteiger partial charge in [-0.25, -0.2) is 9.78 Å². The molecule has 3 rings (SSSR count). The predicted molar refractivity (Wildman–Crippen MR) is 93.4 cm³/mol. The van der Waals surface area contributed by atoms with E-state index in [1.807, 2.05) is 41.9 Å². The minimum absolute atomic E-state index is 0.307. The van der Waals surface area contributed by atoms with E-state index in [-0.39, 0.29) is 0 Å². The van der Waals surface area contributed by atoms with Crippen molar-refractivity contribution in [3.63, 3.8) is 0 Å². The molecule has 134 valence electrons.